The van der Waals surface area contributed by atoms with Gasteiger partial charge in [0.1, 0.15) is 6.61 Å². The molecule has 0 spiro atoms. The number of halogens is 2. The summed E-state index contributed by atoms with van der Waals surface area (Å²) in [6.07, 6.45) is 1.70. The maximum atomic E-state index is 13.2. The molecule has 4 rings (SSSR count). The zero-order valence-corrected chi connectivity index (χ0v) is 19.2. The Labute approximate surface area is 193 Å². The van der Waals surface area contributed by atoms with E-state index in [1.54, 1.807) is 0 Å². The lowest BCUT2D eigenvalue weighted by Crippen LogP contribution is -2.57. The van der Waals surface area contributed by atoms with Crippen molar-refractivity contribution >= 4 is 16.1 Å². The molecule has 6 nitrogen and oxygen atoms in total. The number of carbonyl (C=O) groups excluding carboxylic acids is 1. The molecule has 1 aliphatic heterocycles. The molecule has 1 heterocycles. The highest BCUT2D eigenvalue weighted by Crippen LogP contribution is 2.48. The van der Waals surface area contributed by atoms with Crippen molar-refractivity contribution in [2.45, 2.75) is 43.7 Å². The number of likely N-dealkylation sites (tertiary alicyclic amines) is 1. The van der Waals surface area contributed by atoms with E-state index in [4.69, 9.17) is 4.74 Å². The molecule has 1 N–H and O–H groups in total. The Hall–Kier alpha value is -2.52. The fourth-order valence-corrected chi connectivity index (χ4v) is 5.23. The highest BCUT2D eigenvalue weighted by molar-refractivity contribution is 7.88. The number of hydrogen-bond acceptors (Lipinski definition) is 4. The minimum atomic E-state index is -3.51. The summed E-state index contributed by atoms with van der Waals surface area (Å²) in [6, 6.07) is 16.8. The van der Waals surface area contributed by atoms with Gasteiger partial charge in [0.05, 0.1) is 18.2 Å². The summed E-state index contributed by atoms with van der Waals surface area (Å²) in [5.74, 6) is -3.70. The van der Waals surface area contributed by atoms with Gasteiger partial charge in [0.2, 0.25) is 10.0 Å². The summed E-state index contributed by atoms with van der Waals surface area (Å²) in [7, 11) is -3.51. The van der Waals surface area contributed by atoms with E-state index in [0.717, 1.165) is 22.9 Å². The average Bonchev–Trinajstić information content (AvgIpc) is 3.39. The Bertz CT molecular complexity index is 1090. The van der Waals surface area contributed by atoms with Crippen LogP contribution in [-0.4, -0.2) is 56.8 Å². The smallest absolute Gasteiger partial charge is 0.410 e. The van der Waals surface area contributed by atoms with E-state index in [-0.39, 0.29) is 13.0 Å². The largest absolute Gasteiger partial charge is 0.449 e. The van der Waals surface area contributed by atoms with Gasteiger partial charge in [0.15, 0.2) is 0 Å². The molecule has 2 aromatic rings. The first kappa shape index (κ1) is 23.6. The van der Waals surface area contributed by atoms with Crippen LogP contribution in [0.5, 0.6) is 0 Å². The number of nitrogens with one attached hydrogen (secondary N) is 1. The Kier molecular flexibility index (Phi) is 6.72. The summed E-state index contributed by atoms with van der Waals surface area (Å²) in [4.78, 5) is 14.3. The fourth-order valence-electron chi connectivity index (χ4n) is 4.40. The van der Waals surface area contributed by atoms with Crippen LogP contribution in [-0.2, 0) is 21.2 Å². The Morgan fingerprint density at radius 2 is 1.85 bits per heavy atom. The fraction of sp³-hybridized carbons (Fsp3) is 0.458. The molecule has 0 bridgehead atoms. The molecule has 1 unspecified atom stereocenters. The molecule has 0 aromatic heterocycles. The lowest BCUT2D eigenvalue weighted by atomic mass is 9.90. The molecule has 9 heteroatoms. The van der Waals surface area contributed by atoms with Crippen LogP contribution in [0.2, 0.25) is 0 Å². The minimum Gasteiger partial charge on any atom is -0.449 e. The topological polar surface area (TPSA) is 75.7 Å². The molecule has 1 aliphatic carbocycles. The first-order valence-electron chi connectivity index (χ1n) is 11.1. The van der Waals surface area contributed by atoms with Crippen molar-refractivity contribution in [1.29, 1.82) is 0 Å². The van der Waals surface area contributed by atoms with Crippen molar-refractivity contribution in [2.24, 2.45) is 5.92 Å². The number of amides is 1. The highest BCUT2D eigenvalue weighted by Gasteiger charge is 2.57. The lowest BCUT2D eigenvalue weighted by molar-refractivity contribution is 0.0425. The van der Waals surface area contributed by atoms with E-state index in [2.05, 4.69) is 4.72 Å². The first-order valence-corrected chi connectivity index (χ1v) is 12.9. The third-order valence-corrected chi connectivity index (χ3v) is 6.95. The summed E-state index contributed by atoms with van der Waals surface area (Å²) >= 11 is 0. The van der Waals surface area contributed by atoms with E-state index in [1.165, 1.54) is 4.90 Å². The van der Waals surface area contributed by atoms with Crippen molar-refractivity contribution in [3.8, 4) is 11.1 Å². The van der Waals surface area contributed by atoms with Crippen molar-refractivity contribution in [3.63, 3.8) is 0 Å². The highest BCUT2D eigenvalue weighted by atomic mass is 32.2. The summed E-state index contributed by atoms with van der Waals surface area (Å²) < 4.78 is 58.2. The zero-order valence-electron chi connectivity index (χ0n) is 18.4. The van der Waals surface area contributed by atoms with E-state index < -0.39 is 40.0 Å². The van der Waals surface area contributed by atoms with Crippen LogP contribution in [0, 0.1) is 5.92 Å². The number of sulfonamides is 1. The Morgan fingerprint density at radius 1 is 1.15 bits per heavy atom. The predicted octanol–water partition coefficient (Wildman–Crippen LogP) is 4.07. The predicted molar refractivity (Wildman–Crippen MR) is 121 cm³/mol. The lowest BCUT2D eigenvalue weighted by Gasteiger charge is -2.40. The number of nitrogens with zero attached hydrogens (tertiary/aromatic N) is 1. The van der Waals surface area contributed by atoms with Crippen LogP contribution in [0.15, 0.2) is 54.6 Å². The molecule has 1 amide bonds. The third kappa shape index (κ3) is 6.09. The van der Waals surface area contributed by atoms with Crippen molar-refractivity contribution in [2.75, 3.05) is 19.4 Å². The van der Waals surface area contributed by atoms with Crippen molar-refractivity contribution < 1.29 is 26.7 Å². The maximum Gasteiger partial charge on any atom is 0.410 e. The number of ether oxygens (including phenoxy) is 1. The zero-order chi connectivity index (χ0) is 23.6. The van der Waals surface area contributed by atoms with Gasteiger partial charge in [-0.2, -0.15) is 0 Å². The summed E-state index contributed by atoms with van der Waals surface area (Å²) in [5.41, 5.74) is 3.01. The molecule has 0 radical (unpaired) electrons. The standard InChI is InChI=1S/C24H28F2N2O4S/c1-33(30,31)27-21-11-6-12-28(23(29)32-16-20-15-24(20,25)26)22(21)14-17-7-5-10-19(13-17)18-8-3-2-4-9-18/h2-5,7-10,13,20-22,27H,6,11-12,14-16H2,1H3/t20?,21-,22-/m0/s1. The van der Waals surface area contributed by atoms with E-state index in [9.17, 15) is 22.0 Å². The van der Waals surface area contributed by atoms with Gasteiger partial charge in [-0.1, -0.05) is 54.6 Å². The number of hydrogen-bond donors (Lipinski definition) is 1. The number of rotatable bonds is 7. The Balaban J connectivity index is 1.54. The molecule has 2 aliphatic rings. The van der Waals surface area contributed by atoms with Gasteiger partial charge >= 0.3 is 6.09 Å². The monoisotopic (exact) mass is 478 g/mol. The maximum absolute atomic E-state index is 13.2. The minimum absolute atomic E-state index is 0.270. The molecule has 3 atom stereocenters. The third-order valence-electron chi connectivity index (χ3n) is 6.22. The second-order valence-electron chi connectivity index (χ2n) is 8.91. The molecule has 1 saturated carbocycles. The van der Waals surface area contributed by atoms with Gasteiger partial charge in [-0.25, -0.2) is 26.7 Å². The van der Waals surface area contributed by atoms with Crippen molar-refractivity contribution in [1.82, 2.24) is 9.62 Å². The molecular weight excluding hydrogens is 450 g/mol. The quantitative estimate of drug-likeness (QED) is 0.651. The van der Waals surface area contributed by atoms with Gasteiger partial charge in [-0.15, -0.1) is 0 Å². The van der Waals surface area contributed by atoms with Crippen LogP contribution in [0.3, 0.4) is 0 Å². The van der Waals surface area contributed by atoms with Gasteiger partial charge in [0, 0.05) is 19.0 Å². The number of alkyl halides is 2. The van der Waals surface area contributed by atoms with Crippen LogP contribution in [0.25, 0.3) is 11.1 Å². The van der Waals surface area contributed by atoms with Gasteiger partial charge in [-0.05, 0) is 36.0 Å². The van der Waals surface area contributed by atoms with Crippen LogP contribution >= 0.6 is 0 Å². The molecule has 33 heavy (non-hydrogen) atoms. The summed E-state index contributed by atoms with van der Waals surface area (Å²) in [6.45, 7) is 0.0492. The molecule has 2 fully saturated rings. The molecule has 2 aromatic carbocycles. The number of piperidine rings is 1. The number of benzene rings is 2. The van der Waals surface area contributed by atoms with E-state index >= 15 is 0 Å². The normalized spacial score (nSPS) is 24.3. The van der Waals surface area contributed by atoms with E-state index in [1.807, 2.05) is 54.6 Å². The molecule has 178 valence electrons. The first-order chi connectivity index (χ1) is 15.6. The van der Waals surface area contributed by atoms with Gasteiger partial charge in [-0.3, -0.25) is 0 Å². The molecule has 1 saturated heterocycles. The molecular formula is C24H28F2N2O4S. The SMILES string of the molecule is CS(=O)(=O)N[C@H]1CCCN(C(=O)OCC2CC2(F)F)[C@H]1Cc1cccc(-c2ccccc2)c1. The number of carbonyl (C=O) groups is 1. The second kappa shape index (κ2) is 9.38. The average molecular weight is 479 g/mol. The van der Waals surface area contributed by atoms with Crippen LogP contribution in [0.1, 0.15) is 24.8 Å². The van der Waals surface area contributed by atoms with Crippen LogP contribution < -0.4 is 4.72 Å². The van der Waals surface area contributed by atoms with Crippen molar-refractivity contribution in [3.05, 3.63) is 60.2 Å². The second-order valence-corrected chi connectivity index (χ2v) is 10.7. The van der Waals surface area contributed by atoms with Gasteiger partial charge in [0.25, 0.3) is 5.92 Å². The van der Waals surface area contributed by atoms with Crippen LogP contribution in [0.4, 0.5) is 13.6 Å². The Morgan fingerprint density at radius 3 is 2.52 bits per heavy atom. The van der Waals surface area contributed by atoms with Gasteiger partial charge < -0.3 is 9.64 Å². The summed E-state index contributed by atoms with van der Waals surface area (Å²) in [5, 5.41) is 0. The van der Waals surface area contributed by atoms with E-state index in [0.29, 0.717) is 25.8 Å².